The molecule has 0 aliphatic heterocycles. The molecule has 8 heteroatoms. The van der Waals surface area contributed by atoms with Crippen LogP contribution in [0.4, 0.5) is 11.4 Å². The van der Waals surface area contributed by atoms with Gasteiger partial charge in [-0.25, -0.2) is 13.4 Å². The number of pyridine rings is 1. The van der Waals surface area contributed by atoms with Gasteiger partial charge in [-0.15, -0.1) is 0 Å². The first kappa shape index (κ1) is 14.6. The van der Waals surface area contributed by atoms with Crippen molar-refractivity contribution >= 4 is 37.3 Å². The lowest BCUT2D eigenvalue weighted by molar-refractivity contribution is 0.398. The van der Waals surface area contributed by atoms with Crippen LogP contribution < -0.4 is 15.2 Å². The van der Waals surface area contributed by atoms with Crippen molar-refractivity contribution in [3.8, 4) is 5.88 Å². The Bertz CT molecular complexity index is 717. The number of halogens is 1. The number of hydrogen-bond donors (Lipinski definition) is 2. The van der Waals surface area contributed by atoms with Crippen LogP contribution in [0.3, 0.4) is 0 Å². The van der Waals surface area contributed by atoms with Crippen molar-refractivity contribution in [1.82, 2.24) is 4.98 Å². The lowest BCUT2D eigenvalue weighted by atomic mass is 10.3. The van der Waals surface area contributed by atoms with E-state index in [2.05, 4.69) is 25.6 Å². The molecule has 1 aromatic carbocycles. The first-order valence-electron chi connectivity index (χ1n) is 5.50. The molecule has 0 spiro atoms. The molecule has 2 aromatic rings. The van der Waals surface area contributed by atoms with Gasteiger partial charge in [0.25, 0.3) is 10.0 Å². The van der Waals surface area contributed by atoms with Gasteiger partial charge in [0.05, 0.1) is 24.7 Å². The van der Waals surface area contributed by atoms with Crippen molar-refractivity contribution in [3.05, 3.63) is 41.0 Å². The highest BCUT2D eigenvalue weighted by molar-refractivity contribution is 9.10. The second kappa shape index (κ2) is 5.68. The van der Waals surface area contributed by atoms with Gasteiger partial charge in [0.2, 0.25) is 5.88 Å². The second-order valence-corrected chi connectivity index (χ2v) is 6.44. The highest BCUT2D eigenvalue weighted by atomic mass is 79.9. The lowest BCUT2D eigenvalue weighted by Crippen LogP contribution is -2.15. The van der Waals surface area contributed by atoms with Gasteiger partial charge in [0.15, 0.2) is 0 Å². The number of nitrogen functional groups attached to an aromatic ring is 1. The molecule has 1 aromatic heterocycles. The monoisotopic (exact) mass is 357 g/mol. The van der Waals surface area contributed by atoms with Gasteiger partial charge in [-0.05, 0) is 24.3 Å². The number of nitrogens with one attached hydrogen (secondary N) is 1. The normalized spacial score (nSPS) is 11.1. The van der Waals surface area contributed by atoms with Crippen LogP contribution in [0.15, 0.2) is 45.9 Å². The summed E-state index contributed by atoms with van der Waals surface area (Å²) in [5, 5.41) is 0. The van der Waals surface area contributed by atoms with Crippen LogP contribution in [0.5, 0.6) is 5.88 Å². The minimum Gasteiger partial charge on any atom is -0.481 e. The Morgan fingerprint density at radius 2 is 2.05 bits per heavy atom. The molecule has 0 saturated carbocycles. The quantitative estimate of drug-likeness (QED) is 0.818. The summed E-state index contributed by atoms with van der Waals surface area (Å²) in [7, 11) is -2.29. The zero-order valence-electron chi connectivity index (χ0n) is 10.5. The topological polar surface area (TPSA) is 94.3 Å². The number of nitrogens with zero attached hydrogens (tertiary/aromatic N) is 1. The molecular weight excluding hydrogens is 346 g/mol. The molecule has 0 atom stereocenters. The fourth-order valence-corrected chi connectivity index (χ4v) is 3.23. The smallest absolute Gasteiger partial charge is 0.264 e. The van der Waals surface area contributed by atoms with E-state index in [4.69, 9.17) is 10.5 Å². The summed E-state index contributed by atoms with van der Waals surface area (Å²) in [6, 6.07) is 7.74. The average molecular weight is 358 g/mol. The first-order chi connectivity index (χ1) is 9.42. The Kier molecular flexibility index (Phi) is 4.15. The maximum Gasteiger partial charge on any atom is 0.264 e. The molecular formula is C12H12BrN3O3S. The molecule has 20 heavy (non-hydrogen) atoms. The maximum atomic E-state index is 12.3. The van der Waals surface area contributed by atoms with E-state index < -0.39 is 10.0 Å². The number of anilines is 2. The van der Waals surface area contributed by atoms with Gasteiger partial charge in [-0.3, -0.25) is 4.72 Å². The molecule has 0 saturated heterocycles. The Morgan fingerprint density at radius 3 is 2.65 bits per heavy atom. The number of benzene rings is 1. The van der Waals surface area contributed by atoms with Gasteiger partial charge in [-0.2, -0.15) is 0 Å². The predicted octanol–water partition coefficient (Wildman–Crippen LogP) is 2.24. The van der Waals surface area contributed by atoms with Crippen LogP contribution in [0.1, 0.15) is 0 Å². The predicted molar refractivity (Wildman–Crippen MR) is 80.2 cm³/mol. The van der Waals surface area contributed by atoms with Crippen LogP contribution in [-0.2, 0) is 10.0 Å². The number of aromatic nitrogens is 1. The number of methoxy groups -OCH3 is 1. The minimum absolute atomic E-state index is 0.00249. The van der Waals surface area contributed by atoms with E-state index in [1.807, 2.05) is 0 Å². The van der Waals surface area contributed by atoms with Crippen LogP contribution in [-0.4, -0.2) is 20.5 Å². The third-order valence-corrected chi connectivity index (χ3v) is 4.39. The third-order valence-electron chi connectivity index (χ3n) is 2.46. The second-order valence-electron chi connectivity index (χ2n) is 3.88. The molecule has 0 aliphatic rings. The summed E-state index contributed by atoms with van der Waals surface area (Å²) in [6.07, 6.45) is 1.37. The SMILES string of the molecule is COc1ccc(NS(=O)(=O)c2cc(Br)ccc2N)cn1. The van der Waals surface area contributed by atoms with E-state index in [1.165, 1.54) is 25.4 Å². The highest BCUT2D eigenvalue weighted by Crippen LogP contribution is 2.25. The highest BCUT2D eigenvalue weighted by Gasteiger charge is 2.18. The standard InChI is InChI=1S/C12H12BrN3O3S/c1-19-12-5-3-9(7-15-12)16-20(17,18)11-6-8(13)2-4-10(11)14/h2-7,16H,14H2,1H3. The van der Waals surface area contributed by atoms with E-state index in [1.54, 1.807) is 18.2 Å². The fourth-order valence-electron chi connectivity index (χ4n) is 1.51. The average Bonchev–Trinajstić information content (AvgIpc) is 2.42. The van der Waals surface area contributed by atoms with Gasteiger partial charge in [0.1, 0.15) is 4.90 Å². The number of nitrogens with two attached hydrogens (primary N) is 1. The molecule has 0 bridgehead atoms. The van der Waals surface area contributed by atoms with E-state index in [9.17, 15) is 8.42 Å². The molecule has 1 heterocycles. The van der Waals surface area contributed by atoms with Gasteiger partial charge in [0, 0.05) is 10.5 Å². The van der Waals surface area contributed by atoms with E-state index in [0.29, 0.717) is 16.0 Å². The number of sulfonamides is 1. The summed E-state index contributed by atoms with van der Waals surface area (Å²) in [5.74, 6) is 0.398. The number of ether oxygens (including phenoxy) is 1. The molecule has 0 radical (unpaired) electrons. The summed E-state index contributed by atoms with van der Waals surface area (Å²) in [5.41, 5.74) is 6.19. The van der Waals surface area contributed by atoms with Crippen LogP contribution in [0, 0.1) is 0 Å². The number of hydrogen-bond acceptors (Lipinski definition) is 5. The third kappa shape index (κ3) is 3.20. The summed E-state index contributed by atoms with van der Waals surface area (Å²) < 4.78 is 32.5. The van der Waals surface area contributed by atoms with E-state index in [0.717, 1.165) is 0 Å². The van der Waals surface area contributed by atoms with Gasteiger partial charge in [-0.1, -0.05) is 15.9 Å². The van der Waals surface area contributed by atoms with Gasteiger partial charge < -0.3 is 10.5 Å². The molecule has 106 valence electrons. The molecule has 2 rings (SSSR count). The molecule has 3 N–H and O–H groups in total. The van der Waals surface area contributed by atoms with Crippen molar-refractivity contribution < 1.29 is 13.2 Å². The van der Waals surface area contributed by atoms with Crippen molar-refractivity contribution in [2.45, 2.75) is 4.90 Å². The molecule has 0 aliphatic carbocycles. The lowest BCUT2D eigenvalue weighted by Gasteiger charge is -2.10. The van der Waals surface area contributed by atoms with Crippen LogP contribution >= 0.6 is 15.9 Å². The van der Waals surface area contributed by atoms with Crippen molar-refractivity contribution in [3.63, 3.8) is 0 Å². The molecule has 0 unspecified atom stereocenters. The zero-order chi connectivity index (χ0) is 14.8. The summed E-state index contributed by atoms with van der Waals surface area (Å²) in [6.45, 7) is 0. The Labute approximate surface area is 125 Å². The van der Waals surface area contributed by atoms with Crippen molar-refractivity contribution in [2.75, 3.05) is 17.6 Å². The Hall–Kier alpha value is -1.80. The first-order valence-corrected chi connectivity index (χ1v) is 7.78. The maximum absolute atomic E-state index is 12.3. The van der Waals surface area contributed by atoms with E-state index in [-0.39, 0.29) is 10.6 Å². The van der Waals surface area contributed by atoms with Crippen LogP contribution in [0.25, 0.3) is 0 Å². The Morgan fingerprint density at radius 1 is 1.30 bits per heavy atom. The zero-order valence-corrected chi connectivity index (χ0v) is 12.9. The fraction of sp³-hybridized carbons (Fsp3) is 0.0833. The molecule has 0 amide bonds. The summed E-state index contributed by atoms with van der Waals surface area (Å²) >= 11 is 3.22. The van der Waals surface area contributed by atoms with Gasteiger partial charge >= 0.3 is 0 Å². The minimum atomic E-state index is -3.77. The van der Waals surface area contributed by atoms with Crippen LogP contribution in [0.2, 0.25) is 0 Å². The number of rotatable bonds is 4. The van der Waals surface area contributed by atoms with Crippen molar-refractivity contribution in [1.29, 1.82) is 0 Å². The van der Waals surface area contributed by atoms with E-state index >= 15 is 0 Å². The van der Waals surface area contributed by atoms with Crippen molar-refractivity contribution in [2.24, 2.45) is 0 Å². The summed E-state index contributed by atoms with van der Waals surface area (Å²) in [4.78, 5) is 3.93. The largest absolute Gasteiger partial charge is 0.481 e. The molecule has 6 nitrogen and oxygen atoms in total. The Balaban J connectivity index is 2.32. The molecule has 0 fully saturated rings.